The molecule has 1 amide bonds. The van der Waals surface area contributed by atoms with Gasteiger partial charge in [0, 0.05) is 6.42 Å². The van der Waals surface area contributed by atoms with E-state index >= 15 is 0 Å². The highest BCUT2D eigenvalue weighted by molar-refractivity contribution is 5.91. The van der Waals surface area contributed by atoms with Crippen molar-refractivity contribution in [1.29, 1.82) is 0 Å². The lowest BCUT2D eigenvalue weighted by Crippen LogP contribution is -2.39. The van der Waals surface area contributed by atoms with Crippen molar-refractivity contribution in [2.45, 2.75) is 12.0 Å². The van der Waals surface area contributed by atoms with E-state index < -0.39 is 5.54 Å². The summed E-state index contributed by atoms with van der Waals surface area (Å²) >= 11 is 0. The van der Waals surface area contributed by atoms with Crippen LogP contribution in [0.5, 0.6) is 0 Å². The molecule has 2 saturated heterocycles. The van der Waals surface area contributed by atoms with Crippen LogP contribution in [0.25, 0.3) is 0 Å². The minimum absolute atomic E-state index is 0.0977. The van der Waals surface area contributed by atoms with Crippen molar-refractivity contribution in [1.82, 2.24) is 4.90 Å². The van der Waals surface area contributed by atoms with Crippen molar-refractivity contribution in [3.63, 3.8) is 0 Å². The molecule has 0 bridgehead atoms. The van der Waals surface area contributed by atoms with Crippen molar-refractivity contribution in [3.05, 3.63) is 35.9 Å². The molecule has 3 rings (SSSR count). The Balaban J connectivity index is 2.09. The maximum Gasteiger partial charge on any atom is 0.411 e. The molecule has 2 heterocycles. The standard InChI is InChI=1S/C12H11NO3/c14-10-6-12(9-4-2-1-3-5-9)8-16-11(15)13(12)7-10/h1-5H,6-8H2. The molecule has 2 fully saturated rings. The van der Waals surface area contributed by atoms with Crippen molar-refractivity contribution in [3.8, 4) is 0 Å². The van der Waals surface area contributed by atoms with Crippen LogP contribution in [0.3, 0.4) is 0 Å². The first-order valence-electron chi connectivity index (χ1n) is 5.24. The number of amides is 1. The van der Waals surface area contributed by atoms with E-state index in [4.69, 9.17) is 4.74 Å². The summed E-state index contributed by atoms with van der Waals surface area (Å²) in [7, 11) is 0. The number of hydrogen-bond donors (Lipinski definition) is 0. The van der Waals surface area contributed by atoms with Crippen LogP contribution < -0.4 is 0 Å². The summed E-state index contributed by atoms with van der Waals surface area (Å²) in [5, 5.41) is 0. The molecule has 4 nitrogen and oxygen atoms in total. The summed E-state index contributed by atoms with van der Waals surface area (Å²) in [6.45, 7) is 0.454. The number of Topliss-reactive ketones (excluding diaryl/α,β-unsaturated/α-hetero) is 1. The lowest BCUT2D eigenvalue weighted by Gasteiger charge is -2.27. The number of ether oxygens (including phenoxy) is 1. The zero-order valence-corrected chi connectivity index (χ0v) is 8.68. The van der Waals surface area contributed by atoms with E-state index in [1.165, 1.54) is 0 Å². The molecule has 0 aromatic heterocycles. The predicted molar refractivity (Wildman–Crippen MR) is 55.8 cm³/mol. The van der Waals surface area contributed by atoms with Gasteiger partial charge in [-0.05, 0) is 5.56 Å². The number of fused-ring (bicyclic) bond motifs is 1. The number of hydrogen-bond acceptors (Lipinski definition) is 3. The Morgan fingerprint density at radius 3 is 2.69 bits per heavy atom. The molecule has 0 aliphatic carbocycles. The maximum atomic E-state index is 11.5. The fourth-order valence-electron chi connectivity index (χ4n) is 2.52. The number of ketones is 1. The molecule has 1 aromatic carbocycles. The Morgan fingerprint density at radius 1 is 1.19 bits per heavy atom. The summed E-state index contributed by atoms with van der Waals surface area (Å²) in [6.07, 6.45) is -0.0161. The topological polar surface area (TPSA) is 46.6 Å². The van der Waals surface area contributed by atoms with Crippen molar-refractivity contribution < 1.29 is 14.3 Å². The van der Waals surface area contributed by atoms with Gasteiger partial charge in [0.2, 0.25) is 0 Å². The van der Waals surface area contributed by atoms with Gasteiger partial charge in [-0.2, -0.15) is 0 Å². The van der Waals surface area contributed by atoms with Crippen LogP contribution in [0.4, 0.5) is 4.79 Å². The minimum Gasteiger partial charge on any atom is -0.446 e. The summed E-state index contributed by atoms with van der Waals surface area (Å²) < 4.78 is 5.06. The quantitative estimate of drug-likeness (QED) is 0.712. The summed E-state index contributed by atoms with van der Waals surface area (Å²) in [5.74, 6) is 0.0977. The molecule has 16 heavy (non-hydrogen) atoms. The van der Waals surface area contributed by atoms with E-state index in [1.807, 2.05) is 30.3 Å². The number of carbonyl (C=O) groups excluding carboxylic acids is 2. The van der Waals surface area contributed by atoms with Crippen LogP contribution in [-0.4, -0.2) is 29.9 Å². The Labute approximate surface area is 92.8 Å². The molecule has 2 aliphatic rings. The monoisotopic (exact) mass is 217 g/mol. The van der Waals surface area contributed by atoms with Crippen molar-refractivity contribution in [2.24, 2.45) is 0 Å². The molecule has 0 saturated carbocycles. The van der Waals surface area contributed by atoms with Gasteiger partial charge < -0.3 is 4.74 Å². The summed E-state index contributed by atoms with van der Waals surface area (Å²) in [6, 6.07) is 9.61. The fourth-order valence-corrected chi connectivity index (χ4v) is 2.52. The van der Waals surface area contributed by atoms with E-state index in [0.717, 1.165) is 5.56 Å². The van der Waals surface area contributed by atoms with Crippen LogP contribution in [-0.2, 0) is 15.1 Å². The number of nitrogens with zero attached hydrogens (tertiary/aromatic N) is 1. The molecule has 82 valence electrons. The number of benzene rings is 1. The van der Waals surface area contributed by atoms with Gasteiger partial charge in [0.15, 0.2) is 5.78 Å². The second kappa shape index (κ2) is 3.07. The van der Waals surface area contributed by atoms with Crippen LogP contribution in [0.1, 0.15) is 12.0 Å². The zero-order chi connectivity index (χ0) is 11.2. The second-order valence-corrected chi connectivity index (χ2v) is 4.25. The van der Waals surface area contributed by atoms with Gasteiger partial charge in [0.1, 0.15) is 12.1 Å². The van der Waals surface area contributed by atoms with Gasteiger partial charge in [-0.1, -0.05) is 30.3 Å². The summed E-state index contributed by atoms with van der Waals surface area (Å²) in [4.78, 5) is 24.6. The van der Waals surface area contributed by atoms with Gasteiger partial charge in [0.05, 0.1) is 6.54 Å². The van der Waals surface area contributed by atoms with E-state index in [2.05, 4.69) is 0 Å². The SMILES string of the molecule is O=C1CN2C(=O)OCC2(c2ccccc2)C1. The van der Waals surface area contributed by atoms with E-state index in [1.54, 1.807) is 4.90 Å². The summed E-state index contributed by atoms with van der Waals surface area (Å²) in [5.41, 5.74) is 0.432. The fraction of sp³-hybridized carbons (Fsp3) is 0.333. The average Bonchev–Trinajstić information content (AvgIpc) is 2.79. The first-order valence-corrected chi connectivity index (χ1v) is 5.24. The van der Waals surface area contributed by atoms with Gasteiger partial charge >= 0.3 is 6.09 Å². The van der Waals surface area contributed by atoms with Crippen LogP contribution in [0.15, 0.2) is 30.3 Å². The van der Waals surface area contributed by atoms with E-state index in [-0.39, 0.29) is 25.0 Å². The molecule has 2 aliphatic heterocycles. The smallest absolute Gasteiger partial charge is 0.411 e. The third kappa shape index (κ3) is 1.10. The Hall–Kier alpha value is -1.84. The molecule has 1 atom stereocenters. The molecule has 1 aromatic rings. The van der Waals surface area contributed by atoms with E-state index in [0.29, 0.717) is 6.42 Å². The first kappa shape index (κ1) is 9.39. The number of carbonyl (C=O) groups is 2. The lowest BCUT2D eigenvalue weighted by molar-refractivity contribution is -0.117. The molecule has 1 unspecified atom stereocenters. The first-order chi connectivity index (χ1) is 7.72. The minimum atomic E-state index is -0.546. The predicted octanol–water partition coefficient (Wildman–Crippen LogP) is 1.31. The molecular formula is C12H11NO3. The number of cyclic esters (lactones) is 1. The molecule has 0 spiro atoms. The lowest BCUT2D eigenvalue weighted by atomic mass is 9.88. The third-order valence-electron chi connectivity index (χ3n) is 3.31. The number of rotatable bonds is 1. The Kier molecular flexibility index (Phi) is 1.80. The third-order valence-corrected chi connectivity index (χ3v) is 3.31. The van der Waals surface area contributed by atoms with Gasteiger partial charge in [-0.3, -0.25) is 9.69 Å². The highest BCUT2D eigenvalue weighted by Gasteiger charge is 2.54. The molecule has 0 radical (unpaired) electrons. The van der Waals surface area contributed by atoms with Gasteiger partial charge in [-0.15, -0.1) is 0 Å². The molecule has 4 heteroatoms. The Bertz CT molecular complexity index is 457. The highest BCUT2D eigenvalue weighted by atomic mass is 16.6. The van der Waals surface area contributed by atoms with Gasteiger partial charge in [-0.25, -0.2) is 4.79 Å². The van der Waals surface area contributed by atoms with Crippen molar-refractivity contribution in [2.75, 3.05) is 13.2 Å². The Morgan fingerprint density at radius 2 is 1.94 bits per heavy atom. The second-order valence-electron chi connectivity index (χ2n) is 4.25. The normalized spacial score (nSPS) is 28.1. The average molecular weight is 217 g/mol. The van der Waals surface area contributed by atoms with Gasteiger partial charge in [0.25, 0.3) is 0 Å². The maximum absolute atomic E-state index is 11.5. The van der Waals surface area contributed by atoms with Crippen LogP contribution in [0.2, 0.25) is 0 Å². The molecule has 0 N–H and O–H groups in total. The zero-order valence-electron chi connectivity index (χ0n) is 8.68. The highest BCUT2D eigenvalue weighted by Crippen LogP contribution is 2.41. The van der Waals surface area contributed by atoms with Crippen molar-refractivity contribution >= 4 is 11.9 Å². The molecular weight excluding hydrogens is 206 g/mol. The van der Waals surface area contributed by atoms with E-state index in [9.17, 15) is 9.59 Å². The van der Waals surface area contributed by atoms with Crippen LogP contribution >= 0.6 is 0 Å². The largest absolute Gasteiger partial charge is 0.446 e. The van der Waals surface area contributed by atoms with Crippen LogP contribution in [0, 0.1) is 0 Å².